The van der Waals surface area contributed by atoms with Crippen LogP contribution in [0.5, 0.6) is 5.75 Å². The van der Waals surface area contributed by atoms with Gasteiger partial charge in [0.25, 0.3) is 0 Å². The zero-order valence-electron chi connectivity index (χ0n) is 12.8. The number of halogens is 1. The van der Waals surface area contributed by atoms with Crippen LogP contribution in [-0.2, 0) is 0 Å². The highest BCUT2D eigenvalue weighted by molar-refractivity contribution is 5.34. The van der Waals surface area contributed by atoms with E-state index in [1.165, 1.54) is 17.7 Å². The second kappa shape index (κ2) is 6.72. The van der Waals surface area contributed by atoms with E-state index >= 15 is 0 Å². The van der Waals surface area contributed by atoms with E-state index in [1.807, 2.05) is 45.0 Å². The van der Waals surface area contributed by atoms with Crippen LogP contribution in [0.25, 0.3) is 0 Å². The first-order valence-electron chi connectivity index (χ1n) is 7.26. The minimum atomic E-state index is -0.258. The molecule has 0 saturated heterocycles. The molecule has 0 saturated carbocycles. The van der Waals surface area contributed by atoms with Gasteiger partial charge in [0, 0.05) is 6.04 Å². The second-order valence-electron chi connectivity index (χ2n) is 5.43. The van der Waals surface area contributed by atoms with E-state index in [1.54, 1.807) is 6.07 Å². The molecular weight excluding hydrogens is 265 g/mol. The average molecular weight is 287 g/mol. The molecule has 2 unspecified atom stereocenters. The normalized spacial score (nSPS) is 13.8. The molecule has 2 atom stereocenters. The number of benzene rings is 2. The van der Waals surface area contributed by atoms with Gasteiger partial charge in [-0.1, -0.05) is 36.8 Å². The molecule has 2 N–H and O–H groups in total. The van der Waals surface area contributed by atoms with Crippen LogP contribution in [0, 0.1) is 19.7 Å². The first-order valence-corrected chi connectivity index (χ1v) is 7.26. The van der Waals surface area contributed by atoms with Crippen LogP contribution in [-0.4, -0.2) is 6.04 Å². The molecule has 2 aromatic rings. The minimum absolute atomic E-state index is 0.114. The lowest BCUT2D eigenvalue weighted by atomic mass is 9.99. The zero-order chi connectivity index (χ0) is 15.4. The largest absolute Gasteiger partial charge is 0.484 e. The van der Waals surface area contributed by atoms with E-state index in [2.05, 4.69) is 0 Å². The molecule has 3 heteroatoms. The highest BCUT2D eigenvalue weighted by Crippen LogP contribution is 2.28. The Kier molecular flexibility index (Phi) is 4.97. The summed E-state index contributed by atoms with van der Waals surface area (Å²) < 4.78 is 19.3. The van der Waals surface area contributed by atoms with Crippen LogP contribution in [0.15, 0.2) is 42.5 Å². The number of hydrogen-bond acceptors (Lipinski definition) is 2. The van der Waals surface area contributed by atoms with Crippen LogP contribution >= 0.6 is 0 Å². The molecule has 0 radical (unpaired) electrons. The van der Waals surface area contributed by atoms with E-state index in [0.29, 0.717) is 5.75 Å². The number of ether oxygens (including phenoxy) is 1. The molecule has 0 heterocycles. The van der Waals surface area contributed by atoms with Crippen molar-refractivity contribution >= 4 is 0 Å². The lowest BCUT2D eigenvalue weighted by Gasteiger charge is -2.25. The van der Waals surface area contributed by atoms with Gasteiger partial charge in [0.05, 0.1) is 0 Å². The van der Waals surface area contributed by atoms with Crippen LogP contribution < -0.4 is 10.5 Å². The minimum Gasteiger partial charge on any atom is -0.484 e. The van der Waals surface area contributed by atoms with Gasteiger partial charge in [0.1, 0.15) is 17.7 Å². The lowest BCUT2D eigenvalue weighted by molar-refractivity contribution is 0.169. The molecule has 0 aliphatic rings. The number of aryl methyl sites for hydroxylation is 2. The summed E-state index contributed by atoms with van der Waals surface area (Å²) in [5.74, 6) is 0.414. The van der Waals surface area contributed by atoms with Crippen molar-refractivity contribution in [2.75, 3.05) is 0 Å². The van der Waals surface area contributed by atoms with Crippen LogP contribution in [0.4, 0.5) is 4.39 Å². The molecular formula is C18H22FNO. The quantitative estimate of drug-likeness (QED) is 0.890. The van der Waals surface area contributed by atoms with Gasteiger partial charge in [-0.15, -0.1) is 0 Å². The van der Waals surface area contributed by atoms with Crippen molar-refractivity contribution in [2.45, 2.75) is 39.3 Å². The molecule has 2 aromatic carbocycles. The Labute approximate surface area is 125 Å². The molecule has 2 nitrogen and oxygen atoms in total. The summed E-state index contributed by atoms with van der Waals surface area (Å²) in [5.41, 5.74) is 9.22. The third kappa shape index (κ3) is 3.82. The SMILES string of the molecule is CCC(N)C(Oc1ccc(F)cc1C)c1ccc(C)cc1. The second-order valence-corrected chi connectivity index (χ2v) is 5.43. The first-order chi connectivity index (χ1) is 10.0. The molecule has 0 aliphatic heterocycles. The molecule has 0 amide bonds. The van der Waals surface area contributed by atoms with Crippen molar-refractivity contribution in [3.05, 3.63) is 65.0 Å². The standard InChI is InChI=1S/C18H22FNO/c1-4-16(20)18(14-7-5-12(2)6-8-14)21-17-10-9-15(19)11-13(17)3/h5-11,16,18H,4,20H2,1-3H3. The Morgan fingerprint density at radius 2 is 1.76 bits per heavy atom. The number of rotatable bonds is 5. The molecule has 0 aromatic heterocycles. The Bertz CT molecular complexity index is 595. The summed E-state index contributed by atoms with van der Waals surface area (Å²) in [5, 5.41) is 0. The van der Waals surface area contributed by atoms with Crippen molar-refractivity contribution < 1.29 is 9.13 Å². The molecule has 2 rings (SSSR count). The molecule has 0 fully saturated rings. The lowest BCUT2D eigenvalue weighted by Crippen LogP contribution is -2.31. The third-order valence-corrected chi connectivity index (χ3v) is 3.66. The summed E-state index contributed by atoms with van der Waals surface area (Å²) in [6.45, 7) is 5.92. The molecule has 0 bridgehead atoms. The van der Waals surface area contributed by atoms with Gasteiger partial charge in [-0.25, -0.2) is 4.39 Å². The monoisotopic (exact) mass is 287 g/mol. The maximum atomic E-state index is 13.2. The van der Waals surface area contributed by atoms with Crippen molar-refractivity contribution in [1.29, 1.82) is 0 Å². The summed E-state index contributed by atoms with van der Waals surface area (Å²) in [6, 6.07) is 12.6. The van der Waals surface area contributed by atoms with Gasteiger partial charge in [-0.2, -0.15) is 0 Å². The highest BCUT2D eigenvalue weighted by atomic mass is 19.1. The fourth-order valence-electron chi connectivity index (χ4n) is 2.25. The summed E-state index contributed by atoms with van der Waals surface area (Å²) in [4.78, 5) is 0. The number of hydrogen-bond donors (Lipinski definition) is 1. The first kappa shape index (κ1) is 15.5. The highest BCUT2D eigenvalue weighted by Gasteiger charge is 2.21. The molecule has 112 valence electrons. The predicted octanol–water partition coefficient (Wildman–Crippen LogP) is 4.30. The Balaban J connectivity index is 2.30. The van der Waals surface area contributed by atoms with Crippen molar-refractivity contribution in [3.8, 4) is 5.75 Å². The fourth-order valence-corrected chi connectivity index (χ4v) is 2.25. The third-order valence-electron chi connectivity index (χ3n) is 3.66. The van der Waals surface area contributed by atoms with E-state index in [0.717, 1.165) is 17.5 Å². The van der Waals surface area contributed by atoms with E-state index < -0.39 is 0 Å². The number of nitrogens with two attached hydrogens (primary N) is 1. The topological polar surface area (TPSA) is 35.2 Å². The van der Waals surface area contributed by atoms with Gasteiger partial charge in [0.2, 0.25) is 0 Å². The van der Waals surface area contributed by atoms with Gasteiger partial charge >= 0.3 is 0 Å². The van der Waals surface area contributed by atoms with Crippen LogP contribution in [0.2, 0.25) is 0 Å². The molecule has 21 heavy (non-hydrogen) atoms. The van der Waals surface area contributed by atoms with Crippen molar-refractivity contribution in [2.24, 2.45) is 5.73 Å². The van der Waals surface area contributed by atoms with Gasteiger partial charge in [-0.3, -0.25) is 0 Å². The Morgan fingerprint density at radius 1 is 1.10 bits per heavy atom. The summed E-state index contributed by atoms with van der Waals surface area (Å²) in [7, 11) is 0. The van der Waals surface area contributed by atoms with Crippen LogP contribution in [0.3, 0.4) is 0 Å². The van der Waals surface area contributed by atoms with Gasteiger partial charge in [-0.05, 0) is 49.6 Å². The smallest absolute Gasteiger partial charge is 0.139 e. The maximum Gasteiger partial charge on any atom is 0.139 e. The Morgan fingerprint density at radius 3 is 2.33 bits per heavy atom. The van der Waals surface area contributed by atoms with Crippen molar-refractivity contribution in [3.63, 3.8) is 0 Å². The van der Waals surface area contributed by atoms with E-state index in [4.69, 9.17) is 10.5 Å². The summed E-state index contributed by atoms with van der Waals surface area (Å²) in [6.07, 6.45) is 0.568. The average Bonchev–Trinajstić information content (AvgIpc) is 2.47. The van der Waals surface area contributed by atoms with E-state index in [-0.39, 0.29) is 18.0 Å². The maximum absolute atomic E-state index is 13.2. The Hall–Kier alpha value is -1.87. The predicted molar refractivity (Wildman–Crippen MR) is 84.0 cm³/mol. The van der Waals surface area contributed by atoms with Crippen molar-refractivity contribution in [1.82, 2.24) is 0 Å². The van der Waals surface area contributed by atoms with E-state index in [9.17, 15) is 4.39 Å². The van der Waals surface area contributed by atoms with Crippen LogP contribution in [0.1, 0.15) is 36.1 Å². The van der Waals surface area contributed by atoms with Gasteiger partial charge < -0.3 is 10.5 Å². The molecule has 0 spiro atoms. The fraction of sp³-hybridized carbons (Fsp3) is 0.333. The summed E-state index contributed by atoms with van der Waals surface area (Å²) >= 11 is 0. The van der Waals surface area contributed by atoms with Gasteiger partial charge in [0.15, 0.2) is 0 Å². The zero-order valence-corrected chi connectivity index (χ0v) is 12.8. The molecule has 0 aliphatic carbocycles.